The molecule has 0 radical (unpaired) electrons. The third-order valence-corrected chi connectivity index (χ3v) is 4.99. The van der Waals surface area contributed by atoms with Crippen LogP contribution in [0.2, 0.25) is 5.02 Å². The van der Waals surface area contributed by atoms with E-state index in [0.717, 1.165) is 28.8 Å². The van der Waals surface area contributed by atoms with Gasteiger partial charge in [0.15, 0.2) is 0 Å². The molecule has 142 valence electrons. The minimum atomic E-state index is -0.821. The van der Waals surface area contributed by atoms with Crippen molar-refractivity contribution >= 4 is 29.4 Å². The van der Waals surface area contributed by atoms with Gasteiger partial charge in [0.05, 0.1) is 13.2 Å². The Hall–Kier alpha value is -2.57. The first-order valence-electron chi connectivity index (χ1n) is 8.60. The molecule has 0 fully saturated rings. The molecular weight excluding hydrogens is 368 g/mol. The van der Waals surface area contributed by atoms with E-state index in [2.05, 4.69) is 4.74 Å². The molecule has 2 aromatic carbocycles. The highest BCUT2D eigenvalue weighted by Gasteiger charge is 2.28. The van der Waals surface area contributed by atoms with E-state index in [0.29, 0.717) is 18.0 Å². The highest BCUT2D eigenvalue weighted by Crippen LogP contribution is 2.30. The van der Waals surface area contributed by atoms with Gasteiger partial charge in [0.2, 0.25) is 5.91 Å². The molecule has 1 heterocycles. The van der Waals surface area contributed by atoms with Crippen molar-refractivity contribution in [3.05, 3.63) is 58.1 Å². The van der Waals surface area contributed by atoms with Crippen LogP contribution in [0.15, 0.2) is 36.4 Å². The van der Waals surface area contributed by atoms with Crippen molar-refractivity contribution in [3.63, 3.8) is 0 Å². The van der Waals surface area contributed by atoms with Crippen LogP contribution in [0.3, 0.4) is 0 Å². The van der Waals surface area contributed by atoms with Crippen LogP contribution in [0.5, 0.6) is 5.75 Å². The van der Waals surface area contributed by atoms with Crippen molar-refractivity contribution in [1.29, 1.82) is 0 Å². The first kappa shape index (κ1) is 19.2. The van der Waals surface area contributed by atoms with Crippen LogP contribution in [0, 0.1) is 6.92 Å². The van der Waals surface area contributed by atoms with E-state index < -0.39 is 12.2 Å². The molecule has 0 aliphatic carbocycles. The fraction of sp³-hybridized carbons (Fsp3) is 0.300. The molecule has 27 heavy (non-hydrogen) atoms. The van der Waals surface area contributed by atoms with E-state index in [4.69, 9.17) is 22.1 Å². The van der Waals surface area contributed by atoms with Gasteiger partial charge in [0.25, 0.3) is 0 Å². The third kappa shape index (κ3) is 4.07. The number of carbonyl (C=O) groups excluding carboxylic acids is 2. The third-order valence-electron chi connectivity index (χ3n) is 4.65. The number of benzene rings is 2. The lowest BCUT2D eigenvalue weighted by molar-refractivity contribution is -0.119. The van der Waals surface area contributed by atoms with Crippen molar-refractivity contribution in [1.82, 2.24) is 0 Å². The number of ether oxygens (including phenoxy) is 2. The summed E-state index contributed by atoms with van der Waals surface area (Å²) in [6, 6.07) is 10.3. The number of nitrogens with zero attached hydrogens (tertiary/aromatic N) is 1. The van der Waals surface area contributed by atoms with Gasteiger partial charge < -0.3 is 20.1 Å². The minimum Gasteiger partial charge on any atom is -0.437 e. The van der Waals surface area contributed by atoms with Crippen LogP contribution in [-0.2, 0) is 22.4 Å². The van der Waals surface area contributed by atoms with Crippen LogP contribution < -0.4 is 15.4 Å². The van der Waals surface area contributed by atoms with Crippen molar-refractivity contribution in [2.75, 3.05) is 18.6 Å². The Morgan fingerprint density at radius 2 is 2.04 bits per heavy atom. The molecule has 0 aromatic heterocycles. The van der Waals surface area contributed by atoms with E-state index in [1.54, 1.807) is 11.0 Å². The Labute approximate surface area is 162 Å². The van der Waals surface area contributed by atoms with Crippen molar-refractivity contribution in [3.8, 4) is 5.75 Å². The van der Waals surface area contributed by atoms with Crippen LogP contribution in [0.1, 0.15) is 16.7 Å². The number of amides is 1. The lowest BCUT2D eigenvalue weighted by Crippen LogP contribution is -2.44. The summed E-state index contributed by atoms with van der Waals surface area (Å²) in [6.45, 7) is 2.46. The Morgan fingerprint density at radius 3 is 2.74 bits per heavy atom. The lowest BCUT2D eigenvalue weighted by Gasteiger charge is -2.22. The Morgan fingerprint density at radius 1 is 1.30 bits per heavy atom. The number of fused-ring (bicyclic) bond motifs is 1. The second-order valence-electron chi connectivity index (χ2n) is 6.44. The van der Waals surface area contributed by atoms with Crippen molar-refractivity contribution < 1.29 is 19.1 Å². The van der Waals surface area contributed by atoms with Crippen molar-refractivity contribution in [2.24, 2.45) is 5.73 Å². The van der Waals surface area contributed by atoms with E-state index in [9.17, 15) is 9.59 Å². The molecule has 2 N–H and O–H groups in total. The highest BCUT2D eigenvalue weighted by atomic mass is 35.5. The molecule has 0 saturated heterocycles. The zero-order valence-corrected chi connectivity index (χ0v) is 16.0. The van der Waals surface area contributed by atoms with Crippen LogP contribution in [0.25, 0.3) is 0 Å². The second-order valence-corrected chi connectivity index (χ2v) is 6.84. The topological polar surface area (TPSA) is 81.9 Å². The summed E-state index contributed by atoms with van der Waals surface area (Å²) in [7, 11) is 1.23. The SMILES string of the molecule is COC(=O)Oc1cc(C)c(CC(N)C(=O)N2CCc3ccccc32)c(Cl)c1. The number of rotatable bonds is 4. The Bertz CT molecular complexity index is 861. The summed E-state index contributed by atoms with van der Waals surface area (Å²) in [5, 5.41) is 0.388. The van der Waals surface area contributed by atoms with Gasteiger partial charge in [0.1, 0.15) is 5.75 Å². The molecule has 1 atom stereocenters. The molecule has 3 rings (SSSR count). The fourth-order valence-electron chi connectivity index (χ4n) is 3.27. The van der Waals surface area contributed by atoms with Gasteiger partial charge in [0, 0.05) is 17.3 Å². The van der Waals surface area contributed by atoms with Gasteiger partial charge in [-0.2, -0.15) is 0 Å². The summed E-state index contributed by atoms with van der Waals surface area (Å²) in [6.07, 6.45) is 0.298. The largest absolute Gasteiger partial charge is 0.513 e. The molecule has 1 amide bonds. The molecule has 1 aliphatic heterocycles. The molecule has 2 aromatic rings. The van der Waals surface area contributed by atoms with E-state index in [-0.39, 0.29) is 11.7 Å². The maximum Gasteiger partial charge on any atom is 0.513 e. The number of hydrogen-bond donors (Lipinski definition) is 1. The molecule has 0 spiro atoms. The standard InChI is InChI=1S/C20H21ClN2O4/c1-12-9-14(27-20(25)26-2)10-16(21)15(12)11-17(22)19(24)23-8-7-13-5-3-4-6-18(13)23/h3-6,9-10,17H,7-8,11,22H2,1-2H3. The fourth-order valence-corrected chi connectivity index (χ4v) is 3.61. The lowest BCUT2D eigenvalue weighted by atomic mass is 10.00. The van der Waals surface area contributed by atoms with Crippen molar-refractivity contribution in [2.45, 2.75) is 25.8 Å². The van der Waals surface area contributed by atoms with Gasteiger partial charge >= 0.3 is 6.16 Å². The second kappa shape index (κ2) is 7.98. The molecule has 1 aliphatic rings. The maximum atomic E-state index is 12.9. The van der Waals surface area contributed by atoms with E-state index in [1.807, 2.05) is 31.2 Å². The first-order valence-corrected chi connectivity index (χ1v) is 8.98. The highest BCUT2D eigenvalue weighted by molar-refractivity contribution is 6.31. The molecule has 1 unspecified atom stereocenters. The van der Waals surface area contributed by atoms with Crippen LogP contribution in [0.4, 0.5) is 10.5 Å². The van der Waals surface area contributed by atoms with E-state index >= 15 is 0 Å². The molecule has 6 nitrogen and oxygen atoms in total. The summed E-state index contributed by atoms with van der Waals surface area (Å²) in [5.41, 5.74) is 9.81. The number of para-hydroxylation sites is 1. The maximum absolute atomic E-state index is 12.9. The summed E-state index contributed by atoms with van der Waals surface area (Å²) >= 11 is 6.34. The number of aryl methyl sites for hydroxylation is 1. The average Bonchev–Trinajstić information content (AvgIpc) is 3.07. The van der Waals surface area contributed by atoms with Gasteiger partial charge in [-0.3, -0.25) is 4.79 Å². The minimum absolute atomic E-state index is 0.134. The summed E-state index contributed by atoms with van der Waals surface area (Å²) < 4.78 is 9.47. The quantitative estimate of drug-likeness (QED) is 0.642. The van der Waals surface area contributed by atoms with E-state index in [1.165, 1.54) is 13.2 Å². The van der Waals surface area contributed by atoms with Gasteiger partial charge in [-0.1, -0.05) is 29.8 Å². The normalized spacial score (nSPS) is 13.9. The monoisotopic (exact) mass is 388 g/mol. The number of nitrogens with two attached hydrogens (primary N) is 1. The smallest absolute Gasteiger partial charge is 0.437 e. The van der Waals surface area contributed by atoms with Crippen LogP contribution in [-0.4, -0.2) is 31.8 Å². The summed E-state index contributed by atoms with van der Waals surface area (Å²) in [4.78, 5) is 25.8. The predicted molar refractivity (Wildman–Crippen MR) is 103 cm³/mol. The Kier molecular flexibility index (Phi) is 5.68. The summed E-state index contributed by atoms with van der Waals surface area (Å²) in [5.74, 6) is 0.145. The molecular formula is C20H21ClN2O4. The average molecular weight is 389 g/mol. The van der Waals surface area contributed by atoms with Gasteiger partial charge in [-0.05, 0) is 54.7 Å². The first-order chi connectivity index (χ1) is 12.9. The number of anilines is 1. The number of methoxy groups -OCH3 is 1. The van der Waals surface area contributed by atoms with Gasteiger partial charge in [-0.25, -0.2) is 4.79 Å². The Balaban J connectivity index is 1.75. The molecule has 7 heteroatoms. The number of hydrogen-bond acceptors (Lipinski definition) is 5. The molecule has 0 bridgehead atoms. The predicted octanol–water partition coefficient (Wildman–Crippen LogP) is 3.25. The van der Waals surface area contributed by atoms with Crippen LogP contribution >= 0.6 is 11.6 Å². The molecule has 0 saturated carbocycles. The zero-order valence-electron chi connectivity index (χ0n) is 15.2. The van der Waals surface area contributed by atoms with Gasteiger partial charge in [-0.15, -0.1) is 0 Å². The zero-order chi connectivity index (χ0) is 19.6. The number of carbonyl (C=O) groups is 2. The number of halogens is 1.